The van der Waals surface area contributed by atoms with E-state index in [1.54, 1.807) is 0 Å². The molecule has 0 spiro atoms. The van der Waals surface area contributed by atoms with E-state index in [0.717, 1.165) is 12.1 Å². The second-order valence-electron chi connectivity index (χ2n) is 5.34. The topological polar surface area (TPSA) is 72.9 Å². The lowest BCUT2D eigenvalue weighted by Gasteiger charge is -2.32. The van der Waals surface area contributed by atoms with Crippen molar-refractivity contribution in [3.63, 3.8) is 0 Å². The normalized spacial score (nSPS) is 22.8. The summed E-state index contributed by atoms with van der Waals surface area (Å²) in [5.41, 5.74) is -0.105. The summed E-state index contributed by atoms with van der Waals surface area (Å²) in [6.07, 6.45) is -12.8. The fourth-order valence-electron chi connectivity index (χ4n) is 2.02. The fourth-order valence-corrected chi connectivity index (χ4v) is 5.01. The standard InChI is InChI=1S/C12H8F8INO5S2/c13-9(14,21)10(15,16)27-11(17,18)12(19,20)29(24,25)22-8(6-26-28(22)23)7-4-2-1-3-5-7/h1-5,8H,6H2. The van der Waals surface area contributed by atoms with Crippen LogP contribution in [0.25, 0.3) is 0 Å². The quantitative estimate of drug-likeness (QED) is 0.275. The summed E-state index contributed by atoms with van der Waals surface area (Å²) < 4.78 is 144. The minimum Gasteiger partial charge on any atom is -0.275 e. The lowest BCUT2D eigenvalue weighted by molar-refractivity contribution is -0.438. The average Bonchev–Trinajstić information content (AvgIpc) is 2.95. The first kappa shape index (κ1) is 24.6. The predicted molar refractivity (Wildman–Crippen MR) is 88.9 cm³/mol. The lowest BCUT2D eigenvalue weighted by atomic mass is 10.1. The van der Waals surface area contributed by atoms with Crippen LogP contribution in [0.5, 0.6) is 0 Å². The molecule has 0 bridgehead atoms. The van der Waals surface area contributed by atoms with Gasteiger partial charge in [0.2, 0.25) is 0 Å². The third-order valence-corrected chi connectivity index (χ3v) is 7.48. The molecule has 1 aromatic carbocycles. The Hall–Kier alpha value is -0.630. The number of halogens is 9. The van der Waals surface area contributed by atoms with Crippen LogP contribution in [0.4, 0.5) is 35.1 Å². The van der Waals surface area contributed by atoms with Gasteiger partial charge < -0.3 is 0 Å². The molecule has 1 heterocycles. The molecule has 2 rings (SSSR count). The molecule has 2 atom stereocenters. The number of nitrogens with zero attached hydrogens (tertiary/aromatic N) is 1. The molecule has 0 radical (unpaired) electrons. The van der Waals surface area contributed by atoms with E-state index < -0.39 is 59.1 Å². The van der Waals surface area contributed by atoms with Gasteiger partial charge in [0.1, 0.15) is 0 Å². The number of hydrogen-bond acceptors (Lipinski definition) is 5. The van der Waals surface area contributed by atoms with Gasteiger partial charge >= 0.3 is 31.4 Å². The highest BCUT2D eigenvalue weighted by molar-refractivity contribution is 14.1. The zero-order chi connectivity index (χ0) is 22.5. The van der Waals surface area contributed by atoms with E-state index in [4.69, 9.17) is 0 Å². The Labute approximate surface area is 174 Å². The minimum atomic E-state index is -6.74. The second-order valence-corrected chi connectivity index (χ2v) is 9.84. The number of sulfonamides is 1. The summed E-state index contributed by atoms with van der Waals surface area (Å²) in [5, 5.41) is -6.53. The minimum absolute atomic E-state index is 0.105. The van der Waals surface area contributed by atoms with Gasteiger partial charge in [0, 0.05) is 22.6 Å². The molecule has 2 unspecified atom stereocenters. The number of benzene rings is 1. The molecule has 166 valence electrons. The van der Waals surface area contributed by atoms with Gasteiger partial charge in [-0.1, -0.05) is 34.0 Å². The average molecular weight is 589 g/mol. The highest BCUT2D eigenvalue weighted by Gasteiger charge is 2.75. The summed E-state index contributed by atoms with van der Waals surface area (Å²) in [5.74, 6) is 0. The van der Waals surface area contributed by atoms with E-state index >= 15 is 0 Å². The van der Waals surface area contributed by atoms with Crippen molar-refractivity contribution >= 4 is 43.9 Å². The van der Waals surface area contributed by atoms with Gasteiger partial charge in [-0.2, -0.15) is 35.1 Å². The molecule has 1 saturated heterocycles. The van der Waals surface area contributed by atoms with Gasteiger partial charge in [-0.25, -0.2) is 17.4 Å². The van der Waals surface area contributed by atoms with Gasteiger partial charge in [-0.3, -0.25) is 4.18 Å². The molecule has 1 aliphatic heterocycles. The highest BCUT2D eigenvalue weighted by Crippen LogP contribution is 2.51. The van der Waals surface area contributed by atoms with E-state index in [-0.39, 0.29) is 28.2 Å². The van der Waals surface area contributed by atoms with E-state index in [0.29, 0.717) is 0 Å². The Morgan fingerprint density at radius 1 is 1.03 bits per heavy atom. The van der Waals surface area contributed by atoms with Crippen LogP contribution >= 0.6 is 22.6 Å². The van der Waals surface area contributed by atoms with E-state index in [1.807, 2.05) is 0 Å². The molecule has 29 heavy (non-hydrogen) atoms. The van der Waals surface area contributed by atoms with Crippen molar-refractivity contribution in [3.05, 3.63) is 35.9 Å². The van der Waals surface area contributed by atoms with Crippen LogP contribution in [0.3, 0.4) is 0 Å². The van der Waals surface area contributed by atoms with Crippen molar-refractivity contribution in [1.29, 1.82) is 0 Å². The van der Waals surface area contributed by atoms with E-state index in [2.05, 4.69) is 8.92 Å². The molecule has 0 aromatic heterocycles. The van der Waals surface area contributed by atoms with Crippen molar-refractivity contribution in [2.45, 2.75) is 27.4 Å². The van der Waals surface area contributed by atoms with E-state index in [9.17, 15) is 47.8 Å². The van der Waals surface area contributed by atoms with Crippen LogP contribution in [-0.2, 0) is 30.2 Å². The maximum Gasteiger partial charge on any atom is 0.449 e. The number of hydrogen-bond donors (Lipinski definition) is 0. The summed E-state index contributed by atoms with van der Waals surface area (Å²) in [6, 6.07) is 4.57. The van der Waals surface area contributed by atoms with Crippen LogP contribution in [0.2, 0.25) is 0 Å². The summed E-state index contributed by atoms with van der Waals surface area (Å²) >= 11 is -3.60. The van der Waals surface area contributed by atoms with Crippen molar-refractivity contribution < 1.29 is 56.7 Å². The summed E-state index contributed by atoms with van der Waals surface area (Å²) in [4.78, 5) is 0. The van der Waals surface area contributed by atoms with Crippen LogP contribution in [0.15, 0.2) is 30.3 Å². The van der Waals surface area contributed by atoms with Gasteiger partial charge in [0.15, 0.2) is 0 Å². The highest BCUT2D eigenvalue weighted by atomic mass is 127. The molecule has 1 aromatic rings. The van der Waals surface area contributed by atoms with Gasteiger partial charge in [0.25, 0.3) is 11.3 Å². The fraction of sp³-hybridized carbons (Fsp3) is 0.500. The molecule has 0 saturated carbocycles. The van der Waals surface area contributed by atoms with Crippen molar-refractivity contribution in [2.24, 2.45) is 0 Å². The first-order valence-corrected chi connectivity index (χ1v) is 10.6. The maximum atomic E-state index is 14.1. The molecule has 0 amide bonds. The number of alkyl halides is 9. The second kappa shape index (κ2) is 7.81. The maximum absolute atomic E-state index is 14.1. The molecule has 6 nitrogen and oxygen atoms in total. The van der Waals surface area contributed by atoms with Crippen LogP contribution in [-0.4, -0.2) is 44.3 Å². The van der Waals surface area contributed by atoms with Crippen LogP contribution in [0, 0.1) is 0 Å². The van der Waals surface area contributed by atoms with Crippen molar-refractivity contribution in [2.75, 3.05) is 6.61 Å². The predicted octanol–water partition coefficient (Wildman–Crippen LogP) is 3.79. The van der Waals surface area contributed by atoms with Gasteiger partial charge in [-0.05, 0) is 5.56 Å². The molecule has 1 fully saturated rings. The first-order chi connectivity index (χ1) is 13.0. The van der Waals surface area contributed by atoms with Gasteiger partial charge in [-0.15, -0.1) is 0 Å². The molecule has 0 aliphatic carbocycles. The SMILES string of the molecule is O=S1OCC(c2ccccc2)N1S(=O)(=O)C(F)(F)C(F)(F)OC(F)(F)C(F)(F)I. The molecular weight excluding hydrogens is 581 g/mol. The zero-order valence-electron chi connectivity index (χ0n) is 13.4. The van der Waals surface area contributed by atoms with Crippen LogP contribution < -0.4 is 0 Å². The third kappa shape index (κ3) is 4.39. The van der Waals surface area contributed by atoms with E-state index in [1.165, 1.54) is 18.2 Å². The summed E-state index contributed by atoms with van der Waals surface area (Å²) in [7, 11) is -6.74. The van der Waals surface area contributed by atoms with Crippen molar-refractivity contribution in [1.82, 2.24) is 3.71 Å². The summed E-state index contributed by atoms with van der Waals surface area (Å²) in [6.45, 7) is -0.805. The molecule has 0 N–H and O–H groups in total. The Bertz CT molecular complexity index is 880. The molecular formula is C12H8F8INO5S2. The third-order valence-electron chi connectivity index (χ3n) is 3.40. The Morgan fingerprint density at radius 3 is 2.03 bits per heavy atom. The number of ether oxygens (including phenoxy) is 1. The van der Waals surface area contributed by atoms with Crippen LogP contribution in [0.1, 0.15) is 11.6 Å². The monoisotopic (exact) mass is 589 g/mol. The van der Waals surface area contributed by atoms with Gasteiger partial charge in [0.05, 0.1) is 12.6 Å². The largest absolute Gasteiger partial charge is 0.449 e. The van der Waals surface area contributed by atoms with Crippen molar-refractivity contribution in [3.8, 4) is 0 Å². The Balaban J connectivity index is 2.47. The molecule has 1 aliphatic rings. The molecule has 17 heteroatoms. The smallest absolute Gasteiger partial charge is 0.275 e. The Morgan fingerprint density at radius 2 is 1.55 bits per heavy atom. The zero-order valence-corrected chi connectivity index (χ0v) is 17.2. The Kier molecular flexibility index (Phi) is 6.63. The lowest BCUT2D eigenvalue weighted by Crippen LogP contribution is -2.58. The number of rotatable bonds is 7. The first-order valence-electron chi connectivity index (χ1n) is 7.00.